The van der Waals surface area contributed by atoms with Crippen LogP contribution in [0.2, 0.25) is 0 Å². The summed E-state index contributed by atoms with van der Waals surface area (Å²) >= 11 is 0. The zero-order valence-electron chi connectivity index (χ0n) is 14.0. The average Bonchev–Trinajstić information content (AvgIpc) is 3.08. The number of amides is 1. The van der Waals surface area contributed by atoms with Crippen LogP contribution in [0.25, 0.3) is 0 Å². The highest BCUT2D eigenvalue weighted by molar-refractivity contribution is 7.91. The molecule has 0 spiro atoms. The summed E-state index contributed by atoms with van der Waals surface area (Å²) in [7, 11) is -4.71. The van der Waals surface area contributed by atoms with Gasteiger partial charge in [0.25, 0.3) is 0 Å². The van der Waals surface area contributed by atoms with E-state index in [-0.39, 0.29) is 11.6 Å². The minimum Gasteiger partial charge on any atom is -0.384 e. The zero-order chi connectivity index (χ0) is 18.4. The van der Waals surface area contributed by atoms with Crippen molar-refractivity contribution in [1.82, 2.24) is 5.32 Å². The summed E-state index contributed by atoms with van der Waals surface area (Å²) in [6.07, 6.45) is 2.05. The average molecular weight is 375 g/mol. The summed E-state index contributed by atoms with van der Waals surface area (Å²) in [6, 6.07) is 3.57. The highest BCUT2D eigenvalue weighted by atomic mass is 32.2. The maximum atomic E-state index is 12.7. The van der Waals surface area contributed by atoms with Crippen LogP contribution in [0, 0.1) is 5.92 Å². The smallest absolute Gasteiger partial charge is 0.341 e. The number of carbonyl (C=O) groups is 1. The first-order valence-corrected chi connectivity index (χ1v) is 9.79. The monoisotopic (exact) mass is 375 g/mol. The summed E-state index contributed by atoms with van der Waals surface area (Å²) in [5, 5.41) is 8.85. The fourth-order valence-electron chi connectivity index (χ4n) is 2.76. The first kappa shape index (κ1) is 19.6. The second kappa shape index (κ2) is 8.57. The first-order chi connectivity index (χ1) is 11.8. The molecule has 0 aromatic heterocycles. The van der Waals surface area contributed by atoms with Gasteiger partial charge in [-0.05, 0) is 57.0 Å². The molecule has 2 rings (SSSR count). The van der Waals surface area contributed by atoms with Crippen molar-refractivity contribution < 1.29 is 22.0 Å². The molecule has 1 saturated heterocycles. The third kappa shape index (κ3) is 5.12. The number of nitrogens with one attached hydrogen (secondary N) is 3. The lowest BCUT2D eigenvalue weighted by molar-refractivity contribution is -0.116. The number of halogens is 2. The number of benzene rings is 1. The van der Waals surface area contributed by atoms with Crippen molar-refractivity contribution in [3.63, 3.8) is 0 Å². The Morgan fingerprint density at radius 1 is 1.36 bits per heavy atom. The van der Waals surface area contributed by atoms with E-state index in [1.807, 2.05) is 6.92 Å². The minimum atomic E-state index is -4.71. The molecule has 9 heteroatoms. The maximum absolute atomic E-state index is 12.7. The predicted molar refractivity (Wildman–Crippen MR) is 92.6 cm³/mol. The number of carbonyl (C=O) groups excluding carboxylic acids is 1. The van der Waals surface area contributed by atoms with E-state index in [0.29, 0.717) is 24.6 Å². The van der Waals surface area contributed by atoms with Crippen molar-refractivity contribution >= 4 is 27.1 Å². The van der Waals surface area contributed by atoms with Gasteiger partial charge in [0.05, 0.1) is 16.3 Å². The van der Waals surface area contributed by atoms with Crippen LogP contribution in [0.4, 0.5) is 20.2 Å². The van der Waals surface area contributed by atoms with Gasteiger partial charge in [0.15, 0.2) is 0 Å². The van der Waals surface area contributed by atoms with E-state index < -0.39 is 20.5 Å². The Labute approximate surface area is 146 Å². The molecular weight excluding hydrogens is 352 g/mol. The highest BCUT2D eigenvalue weighted by Gasteiger charge is 2.27. The summed E-state index contributed by atoms with van der Waals surface area (Å²) in [6.45, 7) is 4.21. The topological polar surface area (TPSA) is 87.3 Å². The molecule has 1 atom stereocenters. The SMILES string of the molecule is CCNc1ccc(S(=O)(=O)C(F)F)cc1NC(=O)CCC1CCNC1. The molecule has 0 saturated carbocycles. The molecule has 0 bridgehead atoms. The van der Waals surface area contributed by atoms with Crippen LogP contribution >= 0.6 is 0 Å². The van der Waals surface area contributed by atoms with Crippen LogP contribution in [-0.4, -0.2) is 39.7 Å². The van der Waals surface area contributed by atoms with Gasteiger partial charge in [-0.2, -0.15) is 8.78 Å². The van der Waals surface area contributed by atoms with Crippen LogP contribution in [0.3, 0.4) is 0 Å². The number of hydrogen-bond acceptors (Lipinski definition) is 5. The Bertz CT molecular complexity index is 705. The number of sulfone groups is 1. The van der Waals surface area contributed by atoms with Gasteiger partial charge in [-0.15, -0.1) is 0 Å². The van der Waals surface area contributed by atoms with Crippen LogP contribution in [0.5, 0.6) is 0 Å². The van der Waals surface area contributed by atoms with E-state index >= 15 is 0 Å². The molecule has 1 aliphatic heterocycles. The molecule has 6 nitrogen and oxygen atoms in total. The van der Waals surface area contributed by atoms with Crippen molar-refractivity contribution in [2.24, 2.45) is 5.92 Å². The lowest BCUT2D eigenvalue weighted by Crippen LogP contribution is -2.17. The van der Waals surface area contributed by atoms with E-state index in [1.165, 1.54) is 6.07 Å². The molecule has 1 heterocycles. The summed E-state index contributed by atoms with van der Waals surface area (Å²) in [5.74, 6) is -3.32. The van der Waals surface area contributed by atoms with E-state index in [1.54, 1.807) is 0 Å². The molecule has 1 amide bonds. The summed E-state index contributed by atoms with van der Waals surface area (Å²) < 4.78 is 48.8. The zero-order valence-corrected chi connectivity index (χ0v) is 14.8. The van der Waals surface area contributed by atoms with Crippen molar-refractivity contribution in [2.45, 2.75) is 36.8 Å². The number of anilines is 2. The second-order valence-electron chi connectivity index (χ2n) is 5.99. The molecule has 0 radical (unpaired) electrons. The molecular formula is C16H23F2N3O3S. The van der Waals surface area contributed by atoms with Crippen molar-refractivity contribution in [2.75, 3.05) is 30.3 Å². The van der Waals surface area contributed by atoms with Crippen LogP contribution < -0.4 is 16.0 Å². The van der Waals surface area contributed by atoms with Gasteiger partial charge < -0.3 is 16.0 Å². The highest BCUT2D eigenvalue weighted by Crippen LogP contribution is 2.28. The second-order valence-corrected chi connectivity index (χ2v) is 7.91. The molecule has 0 aliphatic carbocycles. The van der Waals surface area contributed by atoms with Crippen molar-refractivity contribution in [3.8, 4) is 0 Å². The summed E-state index contributed by atoms with van der Waals surface area (Å²) in [5.41, 5.74) is 0.685. The van der Waals surface area contributed by atoms with Crippen molar-refractivity contribution in [1.29, 1.82) is 0 Å². The van der Waals surface area contributed by atoms with Gasteiger partial charge >= 0.3 is 5.76 Å². The Morgan fingerprint density at radius 2 is 2.12 bits per heavy atom. The van der Waals surface area contributed by atoms with E-state index in [4.69, 9.17) is 0 Å². The molecule has 1 aromatic carbocycles. The fraction of sp³-hybridized carbons (Fsp3) is 0.562. The number of hydrogen-bond donors (Lipinski definition) is 3. The van der Waals surface area contributed by atoms with Gasteiger partial charge in [-0.25, -0.2) is 8.42 Å². The maximum Gasteiger partial charge on any atom is 0.341 e. The molecule has 25 heavy (non-hydrogen) atoms. The van der Waals surface area contributed by atoms with Gasteiger partial charge in [-0.1, -0.05) is 0 Å². The predicted octanol–water partition coefficient (Wildman–Crippen LogP) is 2.44. The Kier molecular flexibility index (Phi) is 6.71. The molecule has 1 unspecified atom stereocenters. The number of rotatable bonds is 8. The molecule has 1 aromatic rings. The molecule has 1 fully saturated rings. The standard InChI is InChI=1S/C16H23F2N3O3S/c1-2-20-13-5-4-12(25(23,24)16(17)18)9-14(13)21-15(22)6-3-11-7-8-19-10-11/h4-5,9,11,16,19-20H,2-3,6-8,10H2,1H3,(H,21,22). The van der Waals surface area contributed by atoms with Gasteiger partial charge in [-0.3, -0.25) is 4.79 Å². The van der Waals surface area contributed by atoms with Gasteiger partial charge in [0.2, 0.25) is 15.7 Å². The van der Waals surface area contributed by atoms with E-state index in [0.717, 1.165) is 38.1 Å². The Morgan fingerprint density at radius 3 is 2.72 bits per heavy atom. The van der Waals surface area contributed by atoms with Crippen molar-refractivity contribution in [3.05, 3.63) is 18.2 Å². The largest absolute Gasteiger partial charge is 0.384 e. The third-order valence-electron chi connectivity index (χ3n) is 4.14. The first-order valence-electron chi connectivity index (χ1n) is 8.25. The normalized spacial score (nSPS) is 17.7. The summed E-state index contributed by atoms with van der Waals surface area (Å²) in [4.78, 5) is 11.6. The minimum absolute atomic E-state index is 0.193. The lowest BCUT2D eigenvalue weighted by atomic mass is 10.0. The Hall–Kier alpha value is -1.74. The van der Waals surface area contributed by atoms with Crippen LogP contribution in [-0.2, 0) is 14.6 Å². The molecule has 140 valence electrons. The van der Waals surface area contributed by atoms with Gasteiger partial charge in [0, 0.05) is 13.0 Å². The Balaban J connectivity index is 2.13. The quantitative estimate of drug-likeness (QED) is 0.650. The lowest BCUT2D eigenvalue weighted by Gasteiger charge is -2.15. The number of alkyl halides is 2. The van der Waals surface area contributed by atoms with Gasteiger partial charge in [0.1, 0.15) is 0 Å². The molecule has 3 N–H and O–H groups in total. The fourth-order valence-corrected chi connectivity index (χ4v) is 3.51. The van der Waals surface area contributed by atoms with E-state index in [9.17, 15) is 22.0 Å². The molecule has 1 aliphatic rings. The third-order valence-corrected chi connectivity index (χ3v) is 5.52. The van der Waals surface area contributed by atoms with Crippen LogP contribution in [0.1, 0.15) is 26.2 Å². The van der Waals surface area contributed by atoms with E-state index in [2.05, 4.69) is 16.0 Å². The van der Waals surface area contributed by atoms with Crippen LogP contribution in [0.15, 0.2) is 23.1 Å².